The largest absolute Gasteiger partial charge is 0.497 e. The average molecular weight is 303 g/mol. The van der Waals surface area contributed by atoms with Crippen LogP contribution in [0.1, 0.15) is 23.2 Å². The Kier molecular flexibility index (Phi) is 5.16. The van der Waals surface area contributed by atoms with E-state index in [2.05, 4.69) is 15.3 Å². The highest BCUT2D eigenvalue weighted by Gasteiger charge is 2.15. The molecule has 6 heteroatoms. The van der Waals surface area contributed by atoms with Gasteiger partial charge in [0, 0.05) is 23.9 Å². The molecule has 2 aromatic rings. The fourth-order valence-electron chi connectivity index (χ4n) is 2.22. The number of aromatic nitrogens is 2. The van der Waals surface area contributed by atoms with Gasteiger partial charge in [0.05, 0.1) is 20.3 Å². The van der Waals surface area contributed by atoms with Crippen LogP contribution in [0.25, 0.3) is 0 Å². The van der Waals surface area contributed by atoms with Crippen molar-refractivity contribution >= 4 is 5.82 Å². The summed E-state index contributed by atoms with van der Waals surface area (Å²) in [5, 5.41) is 13.5. The van der Waals surface area contributed by atoms with Gasteiger partial charge in [-0.2, -0.15) is 0 Å². The van der Waals surface area contributed by atoms with Crippen LogP contribution in [0.2, 0.25) is 0 Å². The third kappa shape index (κ3) is 3.85. The fourth-order valence-corrected chi connectivity index (χ4v) is 2.22. The molecule has 0 aliphatic carbocycles. The van der Waals surface area contributed by atoms with Crippen molar-refractivity contribution in [3.8, 4) is 11.5 Å². The standard InChI is InChI=1S/C16H21N3O3/c1-10-7-16(19-11(2)18-10)17-9-14(20)13-8-12(21-3)5-6-15(13)22-4/h5-8,14,20H,9H2,1-4H3,(H,17,18,19). The van der Waals surface area contributed by atoms with Crippen LogP contribution in [0.3, 0.4) is 0 Å². The summed E-state index contributed by atoms with van der Waals surface area (Å²) in [5.41, 5.74) is 1.54. The summed E-state index contributed by atoms with van der Waals surface area (Å²) in [5.74, 6) is 2.66. The molecule has 0 aliphatic rings. The predicted molar refractivity (Wildman–Crippen MR) is 84.5 cm³/mol. The van der Waals surface area contributed by atoms with Gasteiger partial charge in [-0.05, 0) is 32.0 Å². The monoisotopic (exact) mass is 303 g/mol. The van der Waals surface area contributed by atoms with Gasteiger partial charge in [0.25, 0.3) is 0 Å². The number of rotatable bonds is 6. The van der Waals surface area contributed by atoms with Crippen LogP contribution in [0.15, 0.2) is 24.3 Å². The number of benzene rings is 1. The van der Waals surface area contributed by atoms with Crippen molar-refractivity contribution in [1.29, 1.82) is 0 Å². The van der Waals surface area contributed by atoms with Crippen molar-refractivity contribution in [2.45, 2.75) is 20.0 Å². The summed E-state index contributed by atoms with van der Waals surface area (Å²) in [7, 11) is 3.16. The van der Waals surface area contributed by atoms with Crippen LogP contribution in [0.5, 0.6) is 11.5 Å². The second-order valence-corrected chi connectivity index (χ2v) is 4.95. The maximum atomic E-state index is 10.4. The summed E-state index contributed by atoms with van der Waals surface area (Å²) in [6.45, 7) is 4.04. The number of nitrogens with zero attached hydrogens (tertiary/aromatic N) is 2. The van der Waals surface area contributed by atoms with E-state index in [9.17, 15) is 5.11 Å². The van der Waals surface area contributed by atoms with Crippen molar-refractivity contribution in [2.24, 2.45) is 0 Å². The molecule has 0 radical (unpaired) electrons. The minimum Gasteiger partial charge on any atom is -0.497 e. The van der Waals surface area contributed by atoms with Crippen molar-refractivity contribution in [3.63, 3.8) is 0 Å². The van der Waals surface area contributed by atoms with E-state index in [4.69, 9.17) is 9.47 Å². The Morgan fingerprint density at radius 2 is 1.91 bits per heavy atom. The first-order valence-corrected chi connectivity index (χ1v) is 6.99. The molecule has 2 N–H and O–H groups in total. The number of aryl methyl sites for hydroxylation is 2. The average Bonchev–Trinajstić information content (AvgIpc) is 2.51. The molecular weight excluding hydrogens is 282 g/mol. The summed E-state index contributed by atoms with van der Waals surface area (Å²) in [6.07, 6.45) is -0.749. The minimum atomic E-state index is -0.749. The van der Waals surface area contributed by atoms with Gasteiger partial charge in [-0.15, -0.1) is 0 Å². The van der Waals surface area contributed by atoms with Crippen molar-refractivity contribution in [3.05, 3.63) is 41.3 Å². The quantitative estimate of drug-likeness (QED) is 0.852. The normalized spacial score (nSPS) is 11.9. The molecule has 22 heavy (non-hydrogen) atoms. The zero-order valence-corrected chi connectivity index (χ0v) is 13.3. The molecule has 0 amide bonds. The highest BCUT2D eigenvalue weighted by atomic mass is 16.5. The van der Waals surface area contributed by atoms with Crippen molar-refractivity contribution < 1.29 is 14.6 Å². The lowest BCUT2D eigenvalue weighted by Crippen LogP contribution is -2.14. The van der Waals surface area contributed by atoms with Crippen LogP contribution in [0, 0.1) is 13.8 Å². The molecule has 118 valence electrons. The molecule has 2 rings (SSSR count). The van der Waals surface area contributed by atoms with Gasteiger partial charge < -0.3 is 19.9 Å². The lowest BCUT2D eigenvalue weighted by Gasteiger charge is -2.17. The van der Waals surface area contributed by atoms with E-state index < -0.39 is 6.10 Å². The number of methoxy groups -OCH3 is 2. The van der Waals surface area contributed by atoms with E-state index in [-0.39, 0.29) is 0 Å². The lowest BCUT2D eigenvalue weighted by atomic mass is 10.1. The number of ether oxygens (including phenoxy) is 2. The van der Waals surface area contributed by atoms with Gasteiger partial charge in [0.2, 0.25) is 0 Å². The van der Waals surface area contributed by atoms with E-state index in [1.807, 2.05) is 19.9 Å². The van der Waals surface area contributed by atoms with E-state index in [1.165, 1.54) is 0 Å². The Labute approximate surface area is 130 Å². The molecule has 6 nitrogen and oxygen atoms in total. The van der Waals surface area contributed by atoms with Gasteiger partial charge in [0.15, 0.2) is 0 Å². The van der Waals surface area contributed by atoms with E-state index in [0.29, 0.717) is 35.2 Å². The molecule has 1 aromatic carbocycles. The Morgan fingerprint density at radius 3 is 2.55 bits per heavy atom. The molecule has 1 unspecified atom stereocenters. The molecule has 0 saturated carbocycles. The Bertz CT molecular complexity index is 626. The summed E-state index contributed by atoms with van der Waals surface area (Å²) in [4.78, 5) is 8.51. The van der Waals surface area contributed by atoms with Gasteiger partial charge in [-0.3, -0.25) is 0 Å². The van der Waals surface area contributed by atoms with Gasteiger partial charge >= 0.3 is 0 Å². The molecule has 0 saturated heterocycles. The summed E-state index contributed by atoms with van der Waals surface area (Å²) < 4.78 is 10.5. The minimum absolute atomic E-state index is 0.305. The summed E-state index contributed by atoms with van der Waals surface area (Å²) in [6, 6.07) is 7.17. The first kappa shape index (κ1) is 16.0. The third-order valence-electron chi connectivity index (χ3n) is 3.24. The van der Waals surface area contributed by atoms with E-state index >= 15 is 0 Å². The first-order chi connectivity index (χ1) is 10.5. The van der Waals surface area contributed by atoms with Crippen LogP contribution in [0.4, 0.5) is 5.82 Å². The van der Waals surface area contributed by atoms with Crippen molar-refractivity contribution in [2.75, 3.05) is 26.1 Å². The zero-order chi connectivity index (χ0) is 16.1. The second kappa shape index (κ2) is 7.09. The summed E-state index contributed by atoms with van der Waals surface area (Å²) >= 11 is 0. The fraction of sp³-hybridized carbons (Fsp3) is 0.375. The van der Waals surface area contributed by atoms with Crippen LogP contribution in [-0.4, -0.2) is 35.8 Å². The molecule has 0 spiro atoms. The molecule has 1 atom stereocenters. The number of hydrogen-bond donors (Lipinski definition) is 2. The molecule has 0 aliphatic heterocycles. The number of anilines is 1. The molecule has 1 heterocycles. The van der Waals surface area contributed by atoms with Crippen LogP contribution in [-0.2, 0) is 0 Å². The Balaban J connectivity index is 2.13. The Morgan fingerprint density at radius 1 is 1.14 bits per heavy atom. The van der Waals surface area contributed by atoms with Gasteiger partial charge in [-0.1, -0.05) is 0 Å². The van der Waals surface area contributed by atoms with E-state index in [0.717, 1.165) is 5.69 Å². The van der Waals surface area contributed by atoms with Crippen LogP contribution < -0.4 is 14.8 Å². The highest BCUT2D eigenvalue weighted by molar-refractivity contribution is 5.43. The van der Waals surface area contributed by atoms with E-state index in [1.54, 1.807) is 32.4 Å². The number of aliphatic hydroxyl groups excluding tert-OH is 1. The van der Waals surface area contributed by atoms with Crippen molar-refractivity contribution in [1.82, 2.24) is 9.97 Å². The smallest absolute Gasteiger partial charge is 0.130 e. The maximum absolute atomic E-state index is 10.4. The molecule has 1 aromatic heterocycles. The highest BCUT2D eigenvalue weighted by Crippen LogP contribution is 2.29. The van der Waals surface area contributed by atoms with Crippen LogP contribution >= 0.6 is 0 Å². The maximum Gasteiger partial charge on any atom is 0.130 e. The molecular formula is C16H21N3O3. The van der Waals surface area contributed by atoms with Gasteiger partial charge in [-0.25, -0.2) is 9.97 Å². The lowest BCUT2D eigenvalue weighted by molar-refractivity contribution is 0.186. The van der Waals surface area contributed by atoms with Gasteiger partial charge in [0.1, 0.15) is 23.1 Å². The second-order valence-electron chi connectivity index (χ2n) is 4.95. The molecule has 0 bridgehead atoms. The number of aliphatic hydroxyl groups is 1. The Hall–Kier alpha value is -2.34. The first-order valence-electron chi connectivity index (χ1n) is 6.99. The molecule has 0 fully saturated rings. The number of hydrogen-bond acceptors (Lipinski definition) is 6. The topological polar surface area (TPSA) is 76.5 Å². The zero-order valence-electron chi connectivity index (χ0n) is 13.3. The SMILES string of the molecule is COc1ccc(OC)c(C(O)CNc2cc(C)nc(C)n2)c1. The number of nitrogens with one attached hydrogen (secondary N) is 1. The third-order valence-corrected chi connectivity index (χ3v) is 3.24. The predicted octanol–water partition coefficient (Wildman–Crippen LogP) is 2.26.